The molecule has 1 fully saturated rings. The lowest BCUT2D eigenvalue weighted by Gasteiger charge is -2.33. The molecule has 1 saturated heterocycles. The van der Waals surface area contributed by atoms with E-state index in [0.29, 0.717) is 12.1 Å². The van der Waals surface area contributed by atoms with E-state index in [1.54, 1.807) is 6.26 Å². The van der Waals surface area contributed by atoms with Crippen molar-refractivity contribution >= 4 is 0 Å². The number of likely N-dealkylation sites (tertiary alicyclic amines) is 1. The van der Waals surface area contributed by atoms with Gasteiger partial charge in [0.05, 0.1) is 18.5 Å². The molecule has 0 unspecified atom stereocenters. The van der Waals surface area contributed by atoms with Crippen LogP contribution in [0.4, 0.5) is 0 Å². The van der Waals surface area contributed by atoms with Gasteiger partial charge in [0.15, 0.2) is 0 Å². The van der Waals surface area contributed by atoms with Crippen molar-refractivity contribution in [3.8, 4) is 0 Å². The van der Waals surface area contributed by atoms with Gasteiger partial charge in [-0.2, -0.15) is 0 Å². The minimum absolute atomic E-state index is 0.308. The van der Waals surface area contributed by atoms with Gasteiger partial charge < -0.3 is 9.73 Å². The van der Waals surface area contributed by atoms with Crippen LogP contribution < -0.4 is 5.32 Å². The molecule has 1 aliphatic heterocycles. The Kier molecular flexibility index (Phi) is 4.90. The maximum atomic E-state index is 5.43. The first-order chi connectivity index (χ1) is 10.7. The number of furan rings is 1. The van der Waals surface area contributed by atoms with E-state index in [0.717, 1.165) is 25.4 Å². The molecule has 4 nitrogen and oxygen atoms in total. The molecule has 0 aromatic carbocycles. The molecule has 1 N–H and O–H groups in total. The molecule has 22 heavy (non-hydrogen) atoms. The van der Waals surface area contributed by atoms with Gasteiger partial charge in [0, 0.05) is 31.4 Å². The molecule has 0 aliphatic carbocycles. The van der Waals surface area contributed by atoms with Crippen LogP contribution in [0.2, 0.25) is 0 Å². The highest BCUT2D eigenvalue weighted by Crippen LogP contribution is 2.19. The number of aromatic nitrogens is 1. The van der Waals surface area contributed by atoms with Gasteiger partial charge in [0.2, 0.25) is 0 Å². The van der Waals surface area contributed by atoms with Gasteiger partial charge in [0.25, 0.3) is 0 Å². The van der Waals surface area contributed by atoms with Gasteiger partial charge >= 0.3 is 0 Å². The zero-order valence-electron chi connectivity index (χ0n) is 13.5. The normalized spacial score (nSPS) is 18.5. The van der Waals surface area contributed by atoms with Crippen molar-refractivity contribution < 1.29 is 4.42 Å². The molecular formula is C18H25N3O. The number of rotatable bonds is 5. The Morgan fingerprint density at radius 3 is 2.82 bits per heavy atom. The van der Waals surface area contributed by atoms with Gasteiger partial charge in [-0.15, -0.1) is 0 Å². The van der Waals surface area contributed by atoms with Crippen molar-refractivity contribution in [3.63, 3.8) is 0 Å². The van der Waals surface area contributed by atoms with Crippen molar-refractivity contribution in [2.75, 3.05) is 13.1 Å². The Bertz CT molecular complexity index is 574. The Balaban J connectivity index is 1.48. The van der Waals surface area contributed by atoms with Gasteiger partial charge in [0.1, 0.15) is 5.76 Å². The van der Waals surface area contributed by atoms with Crippen molar-refractivity contribution in [1.29, 1.82) is 0 Å². The number of nitrogens with one attached hydrogen (secondary N) is 1. The topological polar surface area (TPSA) is 41.3 Å². The summed E-state index contributed by atoms with van der Waals surface area (Å²) >= 11 is 0. The molecule has 1 aliphatic rings. The molecule has 0 saturated carbocycles. The molecule has 3 rings (SSSR count). The maximum Gasteiger partial charge on any atom is 0.117 e. The monoisotopic (exact) mass is 299 g/mol. The van der Waals surface area contributed by atoms with E-state index >= 15 is 0 Å². The van der Waals surface area contributed by atoms with Crippen LogP contribution in [0.3, 0.4) is 0 Å². The molecule has 0 spiro atoms. The van der Waals surface area contributed by atoms with Crippen molar-refractivity contribution in [3.05, 3.63) is 53.7 Å². The third kappa shape index (κ3) is 3.76. The lowest BCUT2D eigenvalue weighted by Crippen LogP contribution is -2.43. The molecule has 0 amide bonds. The third-order valence-electron chi connectivity index (χ3n) is 4.49. The number of aryl methyl sites for hydroxylation is 1. The minimum Gasteiger partial charge on any atom is -0.468 e. The molecule has 4 heteroatoms. The fourth-order valence-corrected chi connectivity index (χ4v) is 3.26. The van der Waals surface area contributed by atoms with Gasteiger partial charge in [-0.05, 0) is 50.5 Å². The second-order valence-electron chi connectivity index (χ2n) is 6.22. The van der Waals surface area contributed by atoms with Crippen LogP contribution in [0.25, 0.3) is 0 Å². The second-order valence-corrected chi connectivity index (χ2v) is 6.22. The molecule has 1 atom stereocenters. The van der Waals surface area contributed by atoms with Gasteiger partial charge in [-0.25, -0.2) is 0 Å². The lowest BCUT2D eigenvalue weighted by molar-refractivity contribution is 0.174. The molecular weight excluding hydrogens is 274 g/mol. The van der Waals surface area contributed by atoms with Crippen molar-refractivity contribution in [2.24, 2.45) is 0 Å². The van der Waals surface area contributed by atoms with Crippen molar-refractivity contribution in [2.45, 2.75) is 45.3 Å². The van der Waals surface area contributed by atoms with Crippen LogP contribution in [0.1, 0.15) is 42.8 Å². The van der Waals surface area contributed by atoms with Crippen LogP contribution in [0, 0.1) is 6.92 Å². The number of pyridine rings is 1. The number of piperidine rings is 1. The van der Waals surface area contributed by atoms with Gasteiger partial charge in [-0.3, -0.25) is 9.88 Å². The quantitative estimate of drug-likeness (QED) is 0.920. The predicted octanol–water partition coefficient (Wildman–Crippen LogP) is 3.30. The van der Waals surface area contributed by atoms with Gasteiger partial charge in [-0.1, -0.05) is 6.07 Å². The van der Waals surface area contributed by atoms with E-state index in [2.05, 4.69) is 41.2 Å². The van der Waals surface area contributed by atoms with Crippen LogP contribution in [0.5, 0.6) is 0 Å². The summed E-state index contributed by atoms with van der Waals surface area (Å²) in [6.07, 6.45) is 5.99. The minimum atomic E-state index is 0.308. The fourth-order valence-electron chi connectivity index (χ4n) is 3.26. The molecule has 3 heterocycles. The summed E-state index contributed by atoms with van der Waals surface area (Å²) in [6.45, 7) is 7.50. The third-order valence-corrected chi connectivity index (χ3v) is 4.49. The summed E-state index contributed by atoms with van der Waals surface area (Å²) in [5, 5.41) is 3.74. The average molecular weight is 299 g/mol. The number of hydrogen-bond donors (Lipinski definition) is 1. The molecule has 0 radical (unpaired) electrons. The average Bonchev–Trinajstić information content (AvgIpc) is 3.02. The van der Waals surface area contributed by atoms with Crippen molar-refractivity contribution in [1.82, 2.24) is 15.2 Å². The summed E-state index contributed by atoms with van der Waals surface area (Å²) in [5.74, 6) is 1.06. The van der Waals surface area contributed by atoms with E-state index in [1.807, 2.05) is 18.3 Å². The molecule has 2 aromatic heterocycles. The number of nitrogens with zero attached hydrogens (tertiary/aromatic N) is 2. The highest BCUT2D eigenvalue weighted by atomic mass is 16.3. The van der Waals surface area contributed by atoms with E-state index in [1.165, 1.54) is 24.1 Å². The highest BCUT2D eigenvalue weighted by molar-refractivity contribution is 5.20. The van der Waals surface area contributed by atoms with Crippen LogP contribution in [-0.2, 0) is 6.54 Å². The first kappa shape index (κ1) is 15.3. The summed E-state index contributed by atoms with van der Waals surface area (Å²) in [5.41, 5.74) is 2.43. The Hall–Kier alpha value is -1.65. The highest BCUT2D eigenvalue weighted by Gasteiger charge is 2.22. The Labute approximate surface area is 132 Å². The maximum absolute atomic E-state index is 5.43. The summed E-state index contributed by atoms with van der Waals surface area (Å²) in [4.78, 5) is 6.99. The molecule has 0 bridgehead atoms. The summed E-state index contributed by atoms with van der Waals surface area (Å²) in [7, 11) is 0. The second kappa shape index (κ2) is 7.07. The smallest absolute Gasteiger partial charge is 0.117 e. The predicted molar refractivity (Wildman–Crippen MR) is 87.5 cm³/mol. The van der Waals surface area contributed by atoms with Crippen LogP contribution in [-0.4, -0.2) is 29.0 Å². The largest absolute Gasteiger partial charge is 0.468 e. The van der Waals surface area contributed by atoms with E-state index in [9.17, 15) is 0 Å². The zero-order chi connectivity index (χ0) is 15.4. The SMILES string of the molecule is Cc1cccnc1[C@@H](C)NC1CCN(Cc2ccco2)CC1. The molecule has 2 aromatic rings. The number of hydrogen-bond acceptors (Lipinski definition) is 4. The summed E-state index contributed by atoms with van der Waals surface area (Å²) < 4.78 is 5.43. The Morgan fingerprint density at radius 2 is 2.14 bits per heavy atom. The lowest BCUT2D eigenvalue weighted by atomic mass is 10.0. The van der Waals surface area contributed by atoms with E-state index in [-0.39, 0.29) is 0 Å². The molecule has 118 valence electrons. The van der Waals surface area contributed by atoms with E-state index < -0.39 is 0 Å². The van der Waals surface area contributed by atoms with Crippen LogP contribution in [0.15, 0.2) is 41.1 Å². The standard InChI is InChI=1S/C18H25N3O/c1-14-5-3-9-19-18(14)15(2)20-16-7-10-21(11-8-16)13-17-6-4-12-22-17/h3-6,9,12,15-16,20H,7-8,10-11,13H2,1-2H3/t15-/m1/s1. The fraction of sp³-hybridized carbons (Fsp3) is 0.500. The Morgan fingerprint density at radius 1 is 1.32 bits per heavy atom. The first-order valence-corrected chi connectivity index (χ1v) is 8.14. The van der Waals surface area contributed by atoms with Crippen LogP contribution >= 0.6 is 0 Å². The first-order valence-electron chi connectivity index (χ1n) is 8.14. The zero-order valence-corrected chi connectivity index (χ0v) is 13.5. The summed E-state index contributed by atoms with van der Waals surface area (Å²) in [6, 6.07) is 9.02. The van der Waals surface area contributed by atoms with E-state index in [4.69, 9.17) is 4.42 Å².